The molecule has 2 amide bonds. The lowest BCUT2D eigenvalue weighted by Gasteiger charge is -2.36. The van der Waals surface area contributed by atoms with Crippen LogP contribution in [0.4, 0.5) is 0 Å². The Morgan fingerprint density at radius 2 is 2.00 bits per heavy atom. The van der Waals surface area contributed by atoms with Gasteiger partial charge in [-0.05, 0) is 26.2 Å². The highest BCUT2D eigenvalue weighted by molar-refractivity contribution is 5.91. The van der Waals surface area contributed by atoms with Gasteiger partial charge in [-0.2, -0.15) is 0 Å². The molecule has 0 unspecified atom stereocenters. The largest absolute Gasteiger partial charge is 0.368 e. The first kappa shape index (κ1) is 9.98. The Hall–Kier alpha value is -1.10. The van der Waals surface area contributed by atoms with Crippen LogP contribution in [0.1, 0.15) is 26.2 Å². The molecule has 1 atom stereocenters. The molecule has 74 valence electrons. The Labute approximate surface area is 76.8 Å². The minimum absolute atomic E-state index is 0.273. The molecule has 5 nitrogen and oxygen atoms in total. The molecule has 0 aromatic heterocycles. The average Bonchev–Trinajstić information content (AvgIpc) is 1.99. The third-order valence-corrected chi connectivity index (χ3v) is 2.47. The van der Waals surface area contributed by atoms with E-state index in [-0.39, 0.29) is 5.91 Å². The summed E-state index contributed by atoms with van der Waals surface area (Å²) in [5.41, 5.74) is 9.96. The van der Waals surface area contributed by atoms with E-state index in [0.29, 0.717) is 12.8 Å². The third kappa shape index (κ3) is 1.98. The van der Waals surface area contributed by atoms with E-state index < -0.39 is 17.5 Å². The van der Waals surface area contributed by atoms with Gasteiger partial charge in [0.2, 0.25) is 11.8 Å². The quantitative estimate of drug-likeness (QED) is 0.518. The molecule has 1 aliphatic carbocycles. The molecular formula is C8H15N3O2. The van der Waals surface area contributed by atoms with Gasteiger partial charge in [-0.25, -0.2) is 0 Å². The van der Waals surface area contributed by atoms with Crippen LogP contribution in [0, 0.1) is 0 Å². The highest BCUT2D eigenvalue weighted by Gasteiger charge is 2.40. The molecule has 0 spiro atoms. The van der Waals surface area contributed by atoms with Crippen LogP contribution in [-0.4, -0.2) is 23.4 Å². The van der Waals surface area contributed by atoms with E-state index in [9.17, 15) is 9.59 Å². The Morgan fingerprint density at radius 1 is 1.46 bits per heavy atom. The summed E-state index contributed by atoms with van der Waals surface area (Å²) in [5, 5.41) is 2.48. The van der Waals surface area contributed by atoms with Crippen LogP contribution >= 0.6 is 0 Å². The van der Waals surface area contributed by atoms with Crippen LogP contribution in [0.25, 0.3) is 0 Å². The molecule has 0 saturated heterocycles. The summed E-state index contributed by atoms with van der Waals surface area (Å²) in [4.78, 5) is 22.1. The zero-order valence-corrected chi connectivity index (χ0v) is 7.67. The van der Waals surface area contributed by atoms with Crippen molar-refractivity contribution in [2.75, 3.05) is 0 Å². The molecule has 0 radical (unpaired) electrons. The van der Waals surface area contributed by atoms with Crippen LogP contribution in [0.2, 0.25) is 0 Å². The summed E-state index contributed by atoms with van der Waals surface area (Å²) in [6.07, 6.45) is 2.34. The molecule has 0 aliphatic heterocycles. The van der Waals surface area contributed by atoms with Crippen molar-refractivity contribution in [1.29, 1.82) is 0 Å². The standard InChI is InChI=1S/C8H15N3O2/c1-5(6(9)12)11-7(13)8(10)3-2-4-8/h5H,2-4,10H2,1H3,(H2,9,12)(H,11,13)/t5-/m1/s1. The van der Waals surface area contributed by atoms with E-state index in [2.05, 4.69) is 5.32 Å². The Kier molecular flexibility index (Phi) is 2.56. The van der Waals surface area contributed by atoms with Gasteiger partial charge < -0.3 is 16.8 Å². The second-order valence-corrected chi connectivity index (χ2v) is 3.61. The van der Waals surface area contributed by atoms with Gasteiger partial charge in [0.25, 0.3) is 0 Å². The number of hydrogen-bond acceptors (Lipinski definition) is 3. The van der Waals surface area contributed by atoms with Gasteiger partial charge in [-0.3, -0.25) is 9.59 Å². The summed E-state index contributed by atoms with van der Waals surface area (Å²) in [6, 6.07) is -0.645. The molecule has 1 aliphatic rings. The van der Waals surface area contributed by atoms with E-state index in [1.807, 2.05) is 0 Å². The molecule has 1 saturated carbocycles. The molecule has 1 fully saturated rings. The Bertz CT molecular complexity index is 236. The normalized spacial score (nSPS) is 21.4. The highest BCUT2D eigenvalue weighted by atomic mass is 16.2. The van der Waals surface area contributed by atoms with E-state index in [1.54, 1.807) is 6.92 Å². The average molecular weight is 185 g/mol. The molecule has 0 aromatic carbocycles. The van der Waals surface area contributed by atoms with Gasteiger partial charge in [0.1, 0.15) is 6.04 Å². The monoisotopic (exact) mass is 185 g/mol. The molecule has 1 rings (SSSR count). The topological polar surface area (TPSA) is 98.2 Å². The molecule has 5 heteroatoms. The lowest BCUT2D eigenvalue weighted by molar-refractivity contribution is -0.132. The number of nitrogens with one attached hydrogen (secondary N) is 1. The van der Waals surface area contributed by atoms with Crippen LogP contribution < -0.4 is 16.8 Å². The zero-order valence-electron chi connectivity index (χ0n) is 7.67. The van der Waals surface area contributed by atoms with E-state index in [0.717, 1.165) is 6.42 Å². The van der Waals surface area contributed by atoms with Crippen molar-refractivity contribution < 1.29 is 9.59 Å². The number of primary amides is 1. The van der Waals surface area contributed by atoms with Crippen LogP contribution in [0.3, 0.4) is 0 Å². The molecule has 13 heavy (non-hydrogen) atoms. The zero-order chi connectivity index (χ0) is 10.1. The van der Waals surface area contributed by atoms with Crippen molar-refractivity contribution in [1.82, 2.24) is 5.32 Å². The third-order valence-electron chi connectivity index (χ3n) is 2.47. The number of hydrogen-bond donors (Lipinski definition) is 3. The first-order valence-electron chi connectivity index (χ1n) is 4.35. The maximum Gasteiger partial charge on any atom is 0.240 e. The number of nitrogens with two attached hydrogens (primary N) is 2. The van der Waals surface area contributed by atoms with Crippen molar-refractivity contribution >= 4 is 11.8 Å². The second-order valence-electron chi connectivity index (χ2n) is 3.61. The second kappa shape index (κ2) is 3.33. The van der Waals surface area contributed by atoms with E-state index >= 15 is 0 Å². The molecular weight excluding hydrogens is 170 g/mol. The summed E-state index contributed by atoms with van der Waals surface area (Å²) in [5.74, 6) is -0.818. The highest BCUT2D eigenvalue weighted by Crippen LogP contribution is 2.29. The first-order valence-corrected chi connectivity index (χ1v) is 4.35. The maximum absolute atomic E-state index is 11.4. The van der Waals surface area contributed by atoms with Crippen molar-refractivity contribution in [3.63, 3.8) is 0 Å². The molecule has 0 aromatic rings. The first-order chi connectivity index (χ1) is 5.96. The van der Waals surface area contributed by atoms with Gasteiger partial charge in [-0.15, -0.1) is 0 Å². The summed E-state index contributed by atoms with van der Waals surface area (Å²) < 4.78 is 0. The van der Waals surface area contributed by atoms with Gasteiger partial charge in [0.05, 0.1) is 5.54 Å². The number of amides is 2. The van der Waals surface area contributed by atoms with Crippen molar-refractivity contribution in [3.8, 4) is 0 Å². The minimum atomic E-state index is -0.760. The molecule has 5 N–H and O–H groups in total. The minimum Gasteiger partial charge on any atom is -0.368 e. The SMILES string of the molecule is C[C@@H](NC(=O)C1(N)CCC1)C(N)=O. The van der Waals surface area contributed by atoms with E-state index in [4.69, 9.17) is 11.5 Å². The van der Waals surface area contributed by atoms with Gasteiger partial charge in [-0.1, -0.05) is 0 Å². The van der Waals surface area contributed by atoms with Gasteiger partial charge >= 0.3 is 0 Å². The summed E-state index contributed by atoms with van der Waals surface area (Å²) in [7, 11) is 0. The lowest BCUT2D eigenvalue weighted by atomic mass is 9.77. The van der Waals surface area contributed by atoms with Crippen LogP contribution in [-0.2, 0) is 9.59 Å². The number of rotatable bonds is 3. The van der Waals surface area contributed by atoms with Gasteiger partial charge in [0, 0.05) is 0 Å². The summed E-state index contributed by atoms with van der Waals surface area (Å²) >= 11 is 0. The predicted molar refractivity (Wildman–Crippen MR) is 47.6 cm³/mol. The summed E-state index contributed by atoms with van der Waals surface area (Å²) in [6.45, 7) is 1.54. The molecule has 0 bridgehead atoms. The van der Waals surface area contributed by atoms with Crippen molar-refractivity contribution in [2.24, 2.45) is 11.5 Å². The fraction of sp³-hybridized carbons (Fsp3) is 0.750. The predicted octanol–water partition coefficient (Wildman–Crippen LogP) is -1.14. The fourth-order valence-electron chi connectivity index (χ4n) is 1.20. The molecule has 0 heterocycles. The van der Waals surface area contributed by atoms with Gasteiger partial charge in [0.15, 0.2) is 0 Å². The fourth-order valence-corrected chi connectivity index (χ4v) is 1.20. The Balaban J connectivity index is 2.45. The van der Waals surface area contributed by atoms with E-state index in [1.165, 1.54) is 0 Å². The number of carbonyl (C=O) groups is 2. The van der Waals surface area contributed by atoms with Crippen LogP contribution in [0.15, 0.2) is 0 Å². The van der Waals surface area contributed by atoms with Crippen molar-refractivity contribution in [3.05, 3.63) is 0 Å². The maximum atomic E-state index is 11.4. The van der Waals surface area contributed by atoms with Crippen LogP contribution in [0.5, 0.6) is 0 Å². The lowest BCUT2D eigenvalue weighted by Crippen LogP contribution is -2.61. The Morgan fingerprint density at radius 3 is 2.31 bits per heavy atom. The number of carbonyl (C=O) groups excluding carboxylic acids is 2. The smallest absolute Gasteiger partial charge is 0.240 e. The van der Waals surface area contributed by atoms with Crippen molar-refractivity contribution in [2.45, 2.75) is 37.8 Å².